The van der Waals surface area contributed by atoms with Gasteiger partial charge in [0.25, 0.3) is 0 Å². The van der Waals surface area contributed by atoms with Crippen LogP contribution in [0.25, 0.3) is 0 Å². The van der Waals surface area contributed by atoms with E-state index in [1.807, 2.05) is 0 Å². The average molecular weight is 404 g/mol. The summed E-state index contributed by atoms with van der Waals surface area (Å²) in [7, 11) is 0. The number of carbonyl (C=O) groups excluding carboxylic acids is 1. The molecule has 0 spiro atoms. The molecule has 0 fully saturated rings. The number of thiazole rings is 1. The number of nitrogens with one attached hydrogen (secondary N) is 1. The van der Waals surface area contributed by atoms with E-state index in [0.29, 0.717) is 5.69 Å². The Morgan fingerprint density at radius 2 is 2.04 bits per heavy atom. The monoisotopic (exact) mass is 403 g/mol. The predicted molar refractivity (Wildman–Crippen MR) is 114 cm³/mol. The molecular formula is C22H25N3O2S. The molecule has 1 aromatic heterocycles. The second-order valence-electron chi connectivity index (χ2n) is 5.77. The van der Waals surface area contributed by atoms with E-state index in [4.69, 9.17) is 16.7 Å². The first kappa shape index (κ1) is 12.0. The smallest absolute Gasteiger partial charge is 0.230 e. The number of aromatic nitrogens is 1. The molecule has 0 bridgehead atoms. The highest BCUT2D eigenvalue weighted by molar-refractivity contribution is 7.13. The summed E-state index contributed by atoms with van der Waals surface area (Å²) >= 11 is 0.950. The zero-order valence-electron chi connectivity index (χ0n) is 22.9. The molecule has 0 saturated heterocycles. The number of nitrogen functional groups attached to an aromatic ring is 1. The van der Waals surface area contributed by atoms with Crippen LogP contribution in [0, 0.1) is 0 Å². The number of hydrogen-bond acceptors (Lipinski definition) is 5. The Balaban J connectivity index is 1.74. The van der Waals surface area contributed by atoms with Gasteiger partial charge in [0, 0.05) is 19.3 Å². The molecule has 3 rings (SSSR count). The van der Waals surface area contributed by atoms with Crippen LogP contribution in [0.3, 0.4) is 0 Å². The summed E-state index contributed by atoms with van der Waals surface area (Å²) in [4.78, 5) is 16.2. The van der Waals surface area contributed by atoms with Crippen molar-refractivity contribution < 1.29 is 20.9 Å². The zero-order chi connectivity index (χ0) is 26.9. The van der Waals surface area contributed by atoms with Crippen LogP contribution in [0.4, 0.5) is 10.8 Å². The molecule has 6 heteroatoms. The summed E-state index contributed by atoms with van der Waals surface area (Å²) in [6, 6.07) is 12.6. The van der Waals surface area contributed by atoms with E-state index in [2.05, 4.69) is 10.3 Å². The lowest BCUT2D eigenvalue weighted by Gasteiger charge is -2.10. The Morgan fingerprint density at radius 3 is 2.71 bits per heavy atom. The van der Waals surface area contributed by atoms with Crippen molar-refractivity contribution >= 4 is 28.1 Å². The lowest BCUT2D eigenvalue weighted by Crippen LogP contribution is -2.14. The van der Waals surface area contributed by atoms with Crippen molar-refractivity contribution in [1.29, 1.82) is 0 Å². The number of nitrogens with two attached hydrogens (primary N) is 1. The lowest BCUT2D eigenvalue weighted by atomic mass is 10.0. The minimum absolute atomic E-state index is 0.0793. The zero-order valence-corrected chi connectivity index (χ0v) is 15.7. The Bertz CT molecular complexity index is 1220. The highest BCUT2D eigenvalue weighted by Gasteiger charge is 2.08. The molecule has 1 heterocycles. The van der Waals surface area contributed by atoms with Crippen LogP contribution in [0.2, 0.25) is 0 Å². The number of nitrogens with zero attached hydrogens (tertiary/aromatic N) is 1. The maximum atomic E-state index is 12.3. The first-order valence-electron chi connectivity index (χ1n) is 12.5. The largest absolute Gasteiger partial charge is 0.388 e. The van der Waals surface area contributed by atoms with Crippen LogP contribution in [0.5, 0.6) is 0 Å². The van der Waals surface area contributed by atoms with Gasteiger partial charge in [0.1, 0.15) is 0 Å². The second-order valence-corrected chi connectivity index (χ2v) is 6.60. The van der Waals surface area contributed by atoms with Crippen LogP contribution in [0.1, 0.15) is 53.0 Å². The van der Waals surface area contributed by atoms with Crippen molar-refractivity contribution in [3.05, 3.63) is 76.8 Å². The van der Waals surface area contributed by atoms with E-state index in [1.165, 1.54) is 48.5 Å². The van der Waals surface area contributed by atoms with Gasteiger partial charge < -0.3 is 16.2 Å². The standard InChI is InChI=1S/C22H25N3O2S/c23-22-25-19(15-28-22)14-21(27)24-18-12-10-16(11-13-18)6-4-5-9-20(26)17-7-2-1-3-8-17/h1-3,7-8,10-13,15,20,26H,4-6,9,14H2,(H2,23,25)(H,24,27)/t20-/m0/s1/i4D2,6D2,9D2,15D,20D. The van der Waals surface area contributed by atoms with Gasteiger partial charge >= 0.3 is 0 Å². The van der Waals surface area contributed by atoms with Crippen molar-refractivity contribution in [1.82, 2.24) is 4.98 Å². The molecule has 146 valence electrons. The Kier molecular flexibility index (Phi) is 4.29. The summed E-state index contributed by atoms with van der Waals surface area (Å²) in [5.74, 6) is -0.469. The molecule has 28 heavy (non-hydrogen) atoms. The first-order chi connectivity index (χ1) is 16.6. The summed E-state index contributed by atoms with van der Waals surface area (Å²) in [5, 5.41) is 13.5. The van der Waals surface area contributed by atoms with E-state index in [0.717, 1.165) is 11.3 Å². The third-order valence-electron chi connectivity index (χ3n) is 3.64. The fourth-order valence-corrected chi connectivity index (χ4v) is 2.83. The van der Waals surface area contributed by atoms with Crippen molar-refractivity contribution in [2.75, 3.05) is 11.1 Å². The second kappa shape index (κ2) is 10.0. The highest BCUT2D eigenvalue weighted by Crippen LogP contribution is 2.20. The molecule has 0 radical (unpaired) electrons. The predicted octanol–water partition coefficient (Wildman–Crippen LogP) is 4.35. The minimum Gasteiger partial charge on any atom is -0.388 e. The van der Waals surface area contributed by atoms with Gasteiger partial charge in [-0.05, 0) is 42.4 Å². The number of benzene rings is 2. The average Bonchev–Trinajstić information content (AvgIpc) is 3.10. The molecule has 0 unspecified atom stereocenters. The maximum Gasteiger partial charge on any atom is 0.230 e. The lowest BCUT2D eigenvalue weighted by molar-refractivity contribution is -0.115. The van der Waals surface area contributed by atoms with E-state index in [1.54, 1.807) is 6.07 Å². The minimum atomic E-state index is -2.84. The summed E-state index contributed by atoms with van der Waals surface area (Å²) in [5.41, 5.74) is 5.87. The molecule has 1 atom stereocenters. The van der Waals surface area contributed by atoms with Gasteiger partial charge in [0.15, 0.2) is 5.13 Å². The number of carbonyl (C=O) groups is 1. The van der Waals surface area contributed by atoms with Gasteiger partial charge in [-0.25, -0.2) is 4.98 Å². The van der Waals surface area contributed by atoms with Gasteiger partial charge in [-0.15, -0.1) is 11.3 Å². The van der Waals surface area contributed by atoms with E-state index < -0.39 is 37.5 Å². The molecule has 0 aliphatic rings. The fraction of sp³-hybridized carbons (Fsp3) is 0.273. The summed E-state index contributed by atoms with van der Waals surface area (Å²) in [6.45, 7) is 0. The Labute approximate surface area is 180 Å². The molecule has 2 aromatic carbocycles. The maximum absolute atomic E-state index is 12.3. The normalized spacial score (nSPS) is 18.8. The van der Waals surface area contributed by atoms with Gasteiger partial charge in [0.2, 0.25) is 5.91 Å². The number of anilines is 2. The number of rotatable bonds is 9. The fourth-order valence-electron chi connectivity index (χ4n) is 2.33. The van der Waals surface area contributed by atoms with Crippen LogP contribution in [-0.4, -0.2) is 16.0 Å². The number of amides is 1. The van der Waals surface area contributed by atoms with E-state index in [-0.39, 0.29) is 33.7 Å². The van der Waals surface area contributed by atoms with Crippen LogP contribution >= 0.6 is 11.3 Å². The third-order valence-corrected chi connectivity index (χ3v) is 4.28. The molecule has 0 aliphatic heterocycles. The molecule has 0 saturated carbocycles. The Morgan fingerprint density at radius 1 is 1.29 bits per heavy atom. The number of aryl methyl sites for hydroxylation is 1. The topological polar surface area (TPSA) is 88.2 Å². The SMILES string of the molecule is [2H]c1sc(N)nc1CC(=O)Nc1ccc(C([2H])([2H])C([2H])([2H])CC([2H])([2H])[C@]([2H])(O)c2ccccc2)cc1. The summed E-state index contributed by atoms with van der Waals surface area (Å²) < 4.78 is 65.8. The van der Waals surface area contributed by atoms with Crippen LogP contribution in [-0.2, 0) is 17.6 Å². The molecule has 1 amide bonds. The molecular weight excluding hydrogens is 370 g/mol. The molecule has 3 aromatic rings. The molecule has 5 nitrogen and oxygen atoms in total. The highest BCUT2D eigenvalue weighted by atomic mass is 32.1. The number of aliphatic hydroxyl groups is 1. The van der Waals surface area contributed by atoms with Crippen molar-refractivity contribution in [3.8, 4) is 0 Å². The quantitative estimate of drug-likeness (QED) is 0.495. The molecule has 4 N–H and O–H groups in total. The van der Waals surface area contributed by atoms with E-state index in [9.17, 15) is 9.90 Å². The van der Waals surface area contributed by atoms with E-state index >= 15 is 0 Å². The van der Waals surface area contributed by atoms with Crippen molar-refractivity contribution in [3.63, 3.8) is 0 Å². The number of hydrogen-bond donors (Lipinski definition) is 3. The van der Waals surface area contributed by atoms with Crippen molar-refractivity contribution in [2.24, 2.45) is 0 Å². The van der Waals surface area contributed by atoms with Gasteiger partial charge in [-0.3, -0.25) is 4.79 Å². The first-order valence-corrected chi connectivity index (χ1v) is 9.28. The van der Waals surface area contributed by atoms with Gasteiger partial charge in [0.05, 0.1) is 20.9 Å². The Hall–Kier alpha value is -2.70. The summed E-state index contributed by atoms with van der Waals surface area (Å²) in [6.07, 6.45) is -12.5. The molecule has 0 aliphatic carbocycles. The van der Waals surface area contributed by atoms with Crippen LogP contribution in [0.15, 0.2) is 60.0 Å². The van der Waals surface area contributed by atoms with Gasteiger partial charge in [-0.2, -0.15) is 0 Å². The third kappa shape index (κ3) is 6.18. The van der Waals surface area contributed by atoms with Crippen molar-refractivity contribution in [2.45, 2.75) is 38.0 Å². The van der Waals surface area contributed by atoms with Crippen LogP contribution < -0.4 is 11.1 Å². The van der Waals surface area contributed by atoms with Gasteiger partial charge in [-0.1, -0.05) is 48.9 Å².